The monoisotopic (exact) mass is 495 g/mol. The van der Waals surface area contributed by atoms with Crippen LogP contribution in [0.1, 0.15) is 69.6 Å². The fourth-order valence-corrected chi connectivity index (χ4v) is 6.05. The minimum atomic E-state index is -0.382. The number of thiophene rings is 2. The summed E-state index contributed by atoms with van der Waals surface area (Å²) in [6, 6.07) is 9.74. The second-order valence-electron chi connectivity index (χ2n) is 8.30. The van der Waals surface area contributed by atoms with Gasteiger partial charge in [-0.1, -0.05) is 12.1 Å². The molecule has 2 aromatic heterocycles. The van der Waals surface area contributed by atoms with Crippen LogP contribution in [0, 0.1) is 0 Å². The third-order valence-corrected chi connectivity index (χ3v) is 8.27. The summed E-state index contributed by atoms with van der Waals surface area (Å²) in [5, 5.41) is 16.9. The normalized spacial score (nSPS) is 13.4. The zero-order valence-electron chi connectivity index (χ0n) is 19.7. The predicted octanol–water partition coefficient (Wildman–Crippen LogP) is 5.70. The molecule has 2 amide bonds. The molecule has 6 nitrogen and oxygen atoms in total. The lowest BCUT2D eigenvalue weighted by molar-refractivity contribution is 0.0777. The number of benzene rings is 1. The molecule has 0 bridgehead atoms. The van der Waals surface area contributed by atoms with E-state index in [1.165, 1.54) is 35.3 Å². The van der Waals surface area contributed by atoms with Crippen LogP contribution in [0.4, 0.5) is 0 Å². The Balaban J connectivity index is 1.47. The quantitative estimate of drug-likeness (QED) is 0.326. The maximum Gasteiger partial charge on any atom is 0.281 e. The van der Waals surface area contributed by atoms with Crippen molar-refractivity contribution < 1.29 is 14.7 Å². The molecular weight excluding hydrogens is 466 g/mol. The van der Waals surface area contributed by atoms with E-state index in [0.29, 0.717) is 34.1 Å². The van der Waals surface area contributed by atoms with Gasteiger partial charge >= 0.3 is 0 Å². The molecular formula is C26H29N3O3S2. The van der Waals surface area contributed by atoms with Crippen molar-refractivity contribution in [1.29, 1.82) is 0 Å². The molecule has 0 atom stereocenters. The van der Waals surface area contributed by atoms with Gasteiger partial charge in [0.05, 0.1) is 25.9 Å². The molecule has 2 N–H and O–H groups in total. The number of carbonyl (C=O) groups is 2. The number of nitrogens with one attached hydrogen (secondary N) is 1. The fraction of sp³-hybridized carbons (Fsp3) is 0.346. The van der Waals surface area contributed by atoms with Crippen molar-refractivity contribution in [3.8, 4) is 16.2 Å². The molecule has 0 radical (unpaired) electrons. The molecule has 178 valence electrons. The van der Waals surface area contributed by atoms with Crippen LogP contribution in [-0.4, -0.2) is 40.6 Å². The molecule has 1 aromatic carbocycles. The number of fused-ring (bicyclic) bond motifs is 1. The second kappa shape index (κ2) is 10.5. The Morgan fingerprint density at radius 3 is 2.50 bits per heavy atom. The molecule has 0 fully saturated rings. The zero-order valence-corrected chi connectivity index (χ0v) is 21.3. The van der Waals surface area contributed by atoms with E-state index in [0.717, 1.165) is 34.6 Å². The third-order valence-electron chi connectivity index (χ3n) is 6.18. The van der Waals surface area contributed by atoms with Crippen molar-refractivity contribution in [3.63, 3.8) is 0 Å². The number of rotatable bonds is 7. The fourth-order valence-electron chi connectivity index (χ4n) is 4.18. The number of hydrazone groups is 1. The minimum Gasteiger partial charge on any atom is -0.506 e. The van der Waals surface area contributed by atoms with E-state index in [9.17, 15) is 14.7 Å². The van der Waals surface area contributed by atoms with Crippen molar-refractivity contribution in [3.05, 3.63) is 62.2 Å². The molecule has 34 heavy (non-hydrogen) atoms. The lowest BCUT2D eigenvalue weighted by Gasteiger charge is -2.17. The van der Waals surface area contributed by atoms with Gasteiger partial charge in [0.1, 0.15) is 5.75 Å². The summed E-state index contributed by atoms with van der Waals surface area (Å²) < 4.78 is 0. The van der Waals surface area contributed by atoms with Gasteiger partial charge in [-0.25, -0.2) is 5.43 Å². The summed E-state index contributed by atoms with van der Waals surface area (Å²) in [6.07, 6.45) is 4.65. The molecule has 2 heterocycles. The van der Waals surface area contributed by atoms with Gasteiger partial charge in [-0.15, -0.1) is 22.7 Å². The van der Waals surface area contributed by atoms with Crippen molar-refractivity contribution >= 4 is 40.2 Å². The first kappa shape index (κ1) is 24.2. The molecule has 0 unspecified atom stereocenters. The highest BCUT2D eigenvalue weighted by Gasteiger charge is 2.19. The molecule has 3 aromatic rings. The number of nitrogens with zero attached hydrogens (tertiary/aromatic N) is 2. The van der Waals surface area contributed by atoms with Crippen molar-refractivity contribution in [1.82, 2.24) is 10.3 Å². The number of hydrogen-bond acceptors (Lipinski definition) is 6. The van der Waals surface area contributed by atoms with Crippen molar-refractivity contribution in [2.24, 2.45) is 5.10 Å². The van der Waals surface area contributed by atoms with Gasteiger partial charge in [0.15, 0.2) is 0 Å². The summed E-state index contributed by atoms with van der Waals surface area (Å²) in [5.74, 6) is -0.279. The van der Waals surface area contributed by atoms with Crippen LogP contribution in [0.15, 0.2) is 40.8 Å². The third kappa shape index (κ3) is 4.93. The van der Waals surface area contributed by atoms with E-state index in [1.54, 1.807) is 24.0 Å². The molecule has 4 rings (SSSR count). The van der Waals surface area contributed by atoms with Gasteiger partial charge in [-0.05, 0) is 81.3 Å². The topological polar surface area (TPSA) is 82.0 Å². The standard InChI is InChI=1S/C26H29N3O3S2/c1-4-29(5-2)26(32)22-13-12-21(34-22)25(31)28-27-16(3)20-15-33-24(23(20)30)19-11-10-17-8-6-7-9-18(17)14-19/h10-15,30H,4-9H2,1-3H3,(H,28,31)/b27-16+. The average molecular weight is 496 g/mol. The van der Waals surface area contributed by atoms with E-state index in [2.05, 4.69) is 28.7 Å². The first-order valence-electron chi connectivity index (χ1n) is 11.6. The number of amides is 2. The lowest BCUT2D eigenvalue weighted by Crippen LogP contribution is -2.29. The predicted molar refractivity (Wildman–Crippen MR) is 139 cm³/mol. The zero-order chi connectivity index (χ0) is 24.2. The van der Waals surface area contributed by atoms with Crippen molar-refractivity contribution in [2.75, 3.05) is 13.1 Å². The molecule has 1 aliphatic carbocycles. The summed E-state index contributed by atoms with van der Waals surface area (Å²) in [6.45, 7) is 6.85. The van der Waals surface area contributed by atoms with Gasteiger partial charge < -0.3 is 10.0 Å². The Bertz CT molecular complexity index is 1240. The first-order valence-corrected chi connectivity index (χ1v) is 13.3. The smallest absolute Gasteiger partial charge is 0.281 e. The summed E-state index contributed by atoms with van der Waals surface area (Å²) in [5.41, 5.74) is 7.45. The SMILES string of the molecule is CCN(CC)C(=O)c1ccc(C(=O)N/N=C(\C)c2csc(-c3ccc4c(c3)CCCC4)c2O)s1. The Hall–Kier alpha value is -2.97. The van der Waals surface area contributed by atoms with Crippen LogP contribution in [-0.2, 0) is 12.8 Å². The number of carbonyl (C=O) groups excluding carboxylic acids is 2. The van der Waals surface area contributed by atoms with Crippen LogP contribution in [0.3, 0.4) is 0 Å². The van der Waals surface area contributed by atoms with Crippen LogP contribution in [0.25, 0.3) is 10.4 Å². The van der Waals surface area contributed by atoms with Crippen LogP contribution < -0.4 is 5.43 Å². The van der Waals surface area contributed by atoms with Gasteiger partial charge in [0.25, 0.3) is 11.8 Å². The molecule has 0 saturated carbocycles. The minimum absolute atomic E-state index is 0.0772. The maximum atomic E-state index is 12.6. The average Bonchev–Trinajstić information content (AvgIpc) is 3.50. The first-order chi connectivity index (χ1) is 16.4. The van der Waals surface area contributed by atoms with Gasteiger partial charge in [-0.2, -0.15) is 5.10 Å². The molecule has 0 saturated heterocycles. The number of hydrogen-bond donors (Lipinski definition) is 2. The van der Waals surface area contributed by atoms with E-state index in [1.807, 2.05) is 19.2 Å². The van der Waals surface area contributed by atoms with Crippen LogP contribution >= 0.6 is 22.7 Å². The molecule has 8 heteroatoms. The van der Waals surface area contributed by atoms with Gasteiger partial charge in [0.2, 0.25) is 0 Å². The Morgan fingerprint density at radius 2 is 1.76 bits per heavy atom. The second-order valence-corrected chi connectivity index (χ2v) is 10.3. The Kier molecular flexibility index (Phi) is 7.48. The highest BCUT2D eigenvalue weighted by atomic mass is 32.1. The van der Waals surface area contributed by atoms with Gasteiger partial charge in [-0.3, -0.25) is 9.59 Å². The summed E-state index contributed by atoms with van der Waals surface area (Å²) in [4.78, 5) is 28.5. The largest absolute Gasteiger partial charge is 0.506 e. The maximum absolute atomic E-state index is 12.6. The van der Waals surface area contributed by atoms with E-state index in [4.69, 9.17) is 0 Å². The summed E-state index contributed by atoms with van der Waals surface area (Å²) in [7, 11) is 0. The lowest BCUT2D eigenvalue weighted by atomic mass is 9.90. The molecule has 0 spiro atoms. The Morgan fingerprint density at radius 1 is 1.06 bits per heavy atom. The molecule has 0 aliphatic heterocycles. The highest BCUT2D eigenvalue weighted by molar-refractivity contribution is 7.16. The van der Waals surface area contributed by atoms with E-state index >= 15 is 0 Å². The van der Waals surface area contributed by atoms with Crippen LogP contribution in [0.2, 0.25) is 0 Å². The van der Waals surface area contributed by atoms with Crippen LogP contribution in [0.5, 0.6) is 5.75 Å². The van der Waals surface area contributed by atoms with E-state index < -0.39 is 0 Å². The van der Waals surface area contributed by atoms with Gasteiger partial charge in [0, 0.05) is 18.5 Å². The highest BCUT2D eigenvalue weighted by Crippen LogP contribution is 2.40. The number of aryl methyl sites for hydroxylation is 2. The summed E-state index contributed by atoms with van der Waals surface area (Å²) >= 11 is 2.62. The Labute approximate surface area is 207 Å². The number of aromatic hydroxyl groups is 1. The molecule has 1 aliphatic rings. The van der Waals surface area contributed by atoms with E-state index in [-0.39, 0.29) is 17.6 Å². The van der Waals surface area contributed by atoms with Crippen molar-refractivity contribution in [2.45, 2.75) is 46.5 Å².